The number of carbonyl (C=O) groups excluding carboxylic acids is 2. The van der Waals surface area contributed by atoms with Gasteiger partial charge in [0.1, 0.15) is 0 Å². The fourth-order valence-corrected chi connectivity index (χ4v) is 5.21. The maximum atomic E-state index is 13.0. The number of amides is 3. The lowest BCUT2D eigenvalue weighted by Crippen LogP contribution is -2.52. The topological polar surface area (TPSA) is 52.7 Å². The van der Waals surface area contributed by atoms with Crippen LogP contribution in [0.15, 0.2) is 64.4 Å². The Morgan fingerprint density at radius 2 is 1.80 bits per heavy atom. The monoisotopic (exact) mass is 423 g/mol. The smallest absolute Gasteiger partial charge is 0.317 e. The van der Waals surface area contributed by atoms with Crippen LogP contribution in [0.5, 0.6) is 0 Å². The average Bonchev–Trinajstić information content (AvgIpc) is 3.18. The quantitative estimate of drug-likeness (QED) is 0.743. The number of rotatable bonds is 6. The standard InChI is InChI=1S/C24H29N3O2S/c28-23-14-8-15-26(23)18-20-10-6-7-16-27(20)24(29)25-17-19-9-4-5-13-22(19)30-21-11-2-1-3-12-21/h1-5,9,11-13,20H,6-8,10,14-18H2,(H,25,29). The second kappa shape index (κ2) is 10.0. The molecule has 1 N–H and O–H groups in total. The highest BCUT2D eigenvalue weighted by Gasteiger charge is 2.31. The first kappa shape index (κ1) is 20.8. The Morgan fingerprint density at radius 1 is 1.00 bits per heavy atom. The minimum atomic E-state index is -0.0224. The highest BCUT2D eigenvalue weighted by Crippen LogP contribution is 2.30. The molecule has 30 heavy (non-hydrogen) atoms. The number of nitrogens with one attached hydrogen (secondary N) is 1. The second-order valence-electron chi connectivity index (χ2n) is 7.97. The highest BCUT2D eigenvalue weighted by atomic mass is 32.2. The van der Waals surface area contributed by atoms with Crippen molar-refractivity contribution in [2.45, 2.75) is 54.5 Å². The van der Waals surface area contributed by atoms with E-state index in [9.17, 15) is 9.59 Å². The molecule has 3 amide bonds. The Hall–Kier alpha value is -2.47. The maximum absolute atomic E-state index is 13.0. The van der Waals surface area contributed by atoms with Crippen molar-refractivity contribution in [3.63, 3.8) is 0 Å². The van der Waals surface area contributed by atoms with E-state index in [1.807, 2.05) is 40.1 Å². The van der Waals surface area contributed by atoms with Crippen LogP contribution in [0, 0.1) is 0 Å². The van der Waals surface area contributed by atoms with E-state index >= 15 is 0 Å². The molecule has 2 aromatic rings. The second-order valence-corrected chi connectivity index (χ2v) is 9.08. The van der Waals surface area contributed by atoms with Gasteiger partial charge in [0.25, 0.3) is 0 Å². The van der Waals surface area contributed by atoms with Crippen molar-refractivity contribution in [3.05, 3.63) is 60.2 Å². The van der Waals surface area contributed by atoms with E-state index in [-0.39, 0.29) is 18.0 Å². The summed E-state index contributed by atoms with van der Waals surface area (Å²) in [5, 5.41) is 3.13. The number of hydrogen-bond acceptors (Lipinski definition) is 3. The molecule has 4 rings (SSSR count). The van der Waals surface area contributed by atoms with E-state index in [1.54, 1.807) is 11.8 Å². The summed E-state index contributed by atoms with van der Waals surface area (Å²) in [7, 11) is 0. The molecule has 1 atom stereocenters. The van der Waals surface area contributed by atoms with E-state index in [2.05, 4.69) is 29.6 Å². The third kappa shape index (κ3) is 5.17. The van der Waals surface area contributed by atoms with Gasteiger partial charge in [-0.2, -0.15) is 0 Å². The number of carbonyl (C=O) groups is 2. The van der Waals surface area contributed by atoms with Gasteiger partial charge in [-0.15, -0.1) is 0 Å². The van der Waals surface area contributed by atoms with Crippen LogP contribution in [0.3, 0.4) is 0 Å². The summed E-state index contributed by atoms with van der Waals surface area (Å²) >= 11 is 1.71. The first-order valence-electron chi connectivity index (χ1n) is 10.8. The fraction of sp³-hybridized carbons (Fsp3) is 0.417. The van der Waals surface area contributed by atoms with Crippen LogP contribution < -0.4 is 5.32 Å². The van der Waals surface area contributed by atoms with Crippen molar-refractivity contribution in [1.29, 1.82) is 0 Å². The number of likely N-dealkylation sites (tertiary alicyclic amines) is 2. The summed E-state index contributed by atoms with van der Waals surface area (Å²) in [5.74, 6) is 0.229. The van der Waals surface area contributed by atoms with Crippen LogP contribution in [-0.2, 0) is 11.3 Å². The zero-order chi connectivity index (χ0) is 20.8. The van der Waals surface area contributed by atoms with Crippen LogP contribution in [0.1, 0.15) is 37.7 Å². The van der Waals surface area contributed by atoms with Gasteiger partial charge in [0.2, 0.25) is 5.91 Å². The molecule has 5 nitrogen and oxygen atoms in total. The molecule has 6 heteroatoms. The van der Waals surface area contributed by atoms with Gasteiger partial charge in [-0.3, -0.25) is 4.79 Å². The van der Waals surface area contributed by atoms with Gasteiger partial charge in [0, 0.05) is 42.4 Å². The van der Waals surface area contributed by atoms with Gasteiger partial charge < -0.3 is 15.1 Å². The molecular weight excluding hydrogens is 394 g/mol. The Morgan fingerprint density at radius 3 is 2.60 bits per heavy atom. The number of hydrogen-bond donors (Lipinski definition) is 1. The lowest BCUT2D eigenvalue weighted by atomic mass is 10.0. The third-order valence-corrected chi connectivity index (χ3v) is 6.99. The lowest BCUT2D eigenvalue weighted by Gasteiger charge is -2.37. The summed E-state index contributed by atoms with van der Waals surface area (Å²) in [6.45, 7) is 2.77. The first-order valence-corrected chi connectivity index (χ1v) is 11.7. The molecule has 158 valence electrons. The lowest BCUT2D eigenvalue weighted by molar-refractivity contribution is -0.128. The zero-order valence-corrected chi connectivity index (χ0v) is 18.1. The SMILES string of the molecule is O=C1CCCN1CC1CCCCN1C(=O)NCc1ccccc1Sc1ccccc1. The fourth-order valence-electron chi connectivity index (χ4n) is 4.25. The summed E-state index contributed by atoms with van der Waals surface area (Å²) in [4.78, 5) is 31.3. The number of piperidine rings is 1. The predicted molar refractivity (Wildman–Crippen MR) is 119 cm³/mol. The number of nitrogens with zero attached hydrogens (tertiary/aromatic N) is 2. The summed E-state index contributed by atoms with van der Waals surface area (Å²) in [6.07, 6.45) is 4.70. The molecule has 1 unspecified atom stereocenters. The van der Waals surface area contributed by atoms with Crippen molar-refractivity contribution in [3.8, 4) is 0 Å². The molecule has 2 aromatic carbocycles. The van der Waals surface area contributed by atoms with Crippen LogP contribution >= 0.6 is 11.8 Å². The highest BCUT2D eigenvalue weighted by molar-refractivity contribution is 7.99. The molecule has 0 spiro atoms. The van der Waals surface area contributed by atoms with Crippen molar-refractivity contribution in [1.82, 2.24) is 15.1 Å². The van der Waals surface area contributed by atoms with Crippen LogP contribution in [0.25, 0.3) is 0 Å². The van der Waals surface area contributed by atoms with Crippen molar-refractivity contribution in [2.75, 3.05) is 19.6 Å². The molecule has 0 saturated carbocycles. The zero-order valence-electron chi connectivity index (χ0n) is 17.3. The molecule has 0 aromatic heterocycles. The summed E-state index contributed by atoms with van der Waals surface area (Å²) in [6, 6.07) is 18.6. The Labute approximate surface area is 182 Å². The number of urea groups is 1. The van der Waals surface area contributed by atoms with E-state index in [0.717, 1.165) is 49.2 Å². The molecule has 2 aliphatic rings. The predicted octanol–water partition coefficient (Wildman–Crippen LogP) is 4.52. The Kier molecular flexibility index (Phi) is 6.95. The van der Waals surface area contributed by atoms with Gasteiger partial charge in [0.15, 0.2) is 0 Å². The summed E-state index contributed by atoms with van der Waals surface area (Å²) in [5.41, 5.74) is 1.11. The molecule has 0 radical (unpaired) electrons. The molecule has 2 aliphatic heterocycles. The largest absolute Gasteiger partial charge is 0.341 e. The minimum absolute atomic E-state index is 0.0224. The minimum Gasteiger partial charge on any atom is -0.341 e. The van der Waals surface area contributed by atoms with E-state index in [0.29, 0.717) is 19.5 Å². The van der Waals surface area contributed by atoms with E-state index < -0.39 is 0 Å². The molecular formula is C24H29N3O2S. The molecule has 2 heterocycles. The van der Waals surface area contributed by atoms with Gasteiger partial charge >= 0.3 is 6.03 Å². The molecule has 0 bridgehead atoms. The van der Waals surface area contributed by atoms with Crippen molar-refractivity contribution < 1.29 is 9.59 Å². The molecule has 2 fully saturated rings. The number of benzene rings is 2. The van der Waals surface area contributed by atoms with Gasteiger partial charge in [-0.25, -0.2) is 4.79 Å². The Balaban J connectivity index is 1.38. The molecule has 0 aliphatic carbocycles. The summed E-state index contributed by atoms with van der Waals surface area (Å²) < 4.78 is 0. The van der Waals surface area contributed by atoms with Crippen LogP contribution in [0.4, 0.5) is 4.79 Å². The maximum Gasteiger partial charge on any atom is 0.317 e. The third-order valence-electron chi connectivity index (χ3n) is 5.86. The van der Waals surface area contributed by atoms with E-state index in [4.69, 9.17) is 0 Å². The first-order chi connectivity index (χ1) is 14.7. The normalized spacial score (nSPS) is 19.2. The van der Waals surface area contributed by atoms with Crippen LogP contribution in [0.2, 0.25) is 0 Å². The van der Waals surface area contributed by atoms with Crippen LogP contribution in [-0.4, -0.2) is 47.4 Å². The van der Waals surface area contributed by atoms with E-state index in [1.165, 1.54) is 4.90 Å². The average molecular weight is 424 g/mol. The van der Waals surface area contributed by atoms with Gasteiger partial charge in [0.05, 0.1) is 6.04 Å². The van der Waals surface area contributed by atoms with Gasteiger partial charge in [-0.1, -0.05) is 48.2 Å². The Bertz CT molecular complexity index is 874. The molecule has 2 saturated heterocycles. The van der Waals surface area contributed by atoms with Crippen molar-refractivity contribution >= 4 is 23.7 Å². The van der Waals surface area contributed by atoms with Gasteiger partial charge in [-0.05, 0) is 49.4 Å². The van der Waals surface area contributed by atoms with Crippen molar-refractivity contribution in [2.24, 2.45) is 0 Å².